The van der Waals surface area contributed by atoms with Gasteiger partial charge >= 0.3 is 0 Å². The van der Waals surface area contributed by atoms with Crippen LogP contribution < -0.4 is 10.1 Å². The first-order chi connectivity index (χ1) is 17.5. The van der Waals surface area contributed by atoms with Crippen molar-refractivity contribution in [1.82, 2.24) is 24.2 Å². The highest BCUT2D eigenvalue weighted by molar-refractivity contribution is 7.99. The zero-order valence-corrected chi connectivity index (χ0v) is 24.1. The lowest BCUT2D eigenvalue weighted by atomic mass is 9.86. The van der Waals surface area contributed by atoms with Crippen molar-refractivity contribution < 1.29 is 9.53 Å². The number of carbonyl (C=O) groups is 1. The predicted octanol–water partition coefficient (Wildman–Crippen LogP) is 6.83. The van der Waals surface area contributed by atoms with Crippen LogP contribution in [0.5, 0.6) is 11.5 Å². The molecule has 1 N–H and O–H groups in total. The zero-order valence-electron chi connectivity index (χ0n) is 20.8. The van der Waals surface area contributed by atoms with Gasteiger partial charge < -0.3 is 15.0 Å². The number of rotatable bonds is 7. The normalized spacial score (nSPS) is 16.6. The topological polar surface area (TPSA) is 93.1 Å². The number of carbonyl (C=O) groups excluding carboxylic acids is 1. The van der Waals surface area contributed by atoms with E-state index in [9.17, 15) is 4.79 Å². The number of aromatic nitrogens is 4. The van der Waals surface area contributed by atoms with Gasteiger partial charge in [-0.3, -0.25) is 4.79 Å². The summed E-state index contributed by atoms with van der Waals surface area (Å²) in [4.78, 5) is 28.4. The number of nitrogens with one attached hydrogen (secondary N) is 1. The average molecular weight is 592 g/mol. The van der Waals surface area contributed by atoms with Gasteiger partial charge in [-0.05, 0) is 36.6 Å². The molecular formula is C26H28Cl2N6O2S2. The lowest BCUT2D eigenvalue weighted by molar-refractivity contribution is -0.130. The number of anilines is 2. The van der Waals surface area contributed by atoms with Crippen molar-refractivity contribution in [3.63, 3.8) is 0 Å². The molecule has 12 heteroatoms. The molecule has 2 atom stereocenters. The van der Waals surface area contributed by atoms with Gasteiger partial charge in [-0.15, -0.1) is 24.8 Å². The van der Waals surface area contributed by atoms with Gasteiger partial charge in [0, 0.05) is 60.8 Å². The van der Waals surface area contributed by atoms with Crippen molar-refractivity contribution in [3.8, 4) is 11.5 Å². The van der Waals surface area contributed by atoms with Gasteiger partial charge in [0.15, 0.2) is 11.6 Å². The van der Waals surface area contributed by atoms with Gasteiger partial charge in [-0.25, -0.2) is 15.0 Å². The Balaban J connectivity index is 0.00000200. The van der Waals surface area contributed by atoms with Gasteiger partial charge in [0.25, 0.3) is 0 Å². The lowest BCUT2D eigenvalue weighted by Crippen LogP contribution is -2.41. The fourth-order valence-electron chi connectivity index (χ4n) is 4.15. The summed E-state index contributed by atoms with van der Waals surface area (Å²) in [5, 5.41) is 4.84. The third kappa shape index (κ3) is 7.35. The van der Waals surface area contributed by atoms with Crippen LogP contribution in [-0.4, -0.2) is 43.2 Å². The van der Waals surface area contributed by atoms with Gasteiger partial charge in [0.05, 0.1) is 0 Å². The van der Waals surface area contributed by atoms with Gasteiger partial charge in [-0.1, -0.05) is 43.0 Å². The maximum absolute atomic E-state index is 11.7. The first-order valence-corrected chi connectivity index (χ1v) is 13.3. The average Bonchev–Trinajstić information content (AvgIpc) is 3.35. The SMILES string of the molecule is CC(=O)N1CCC(c2nsc(Nc3ncc(Sc4ccccn4)cc3Oc3ccccc3)n2)C(C)C1.Cl.Cl. The molecule has 4 heterocycles. The van der Waals surface area contributed by atoms with E-state index in [-0.39, 0.29) is 36.6 Å². The molecule has 3 aromatic heterocycles. The van der Waals surface area contributed by atoms with Crippen LogP contribution in [0, 0.1) is 5.92 Å². The number of ether oxygens (including phenoxy) is 1. The molecule has 5 rings (SSSR count). The summed E-state index contributed by atoms with van der Waals surface area (Å²) in [6.45, 7) is 5.24. The summed E-state index contributed by atoms with van der Waals surface area (Å²) >= 11 is 2.82. The molecule has 0 spiro atoms. The third-order valence-electron chi connectivity index (χ3n) is 6.01. The minimum absolute atomic E-state index is 0. The van der Waals surface area contributed by atoms with E-state index in [1.165, 1.54) is 23.3 Å². The second-order valence-electron chi connectivity index (χ2n) is 8.62. The van der Waals surface area contributed by atoms with Crippen molar-refractivity contribution in [2.75, 3.05) is 18.4 Å². The van der Waals surface area contributed by atoms with Crippen LogP contribution >= 0.6 is 48.1 Å². The molecule has 1 aliphatic rings. The minimum Gasteiger partial charge on any atom is -0.453 e. The van der Waals surface area contributed by atoms with Crippen molar-refractivity contribution in [1.29, 1.82) is 0 Å². The van der Waals surface area contributed by atoms with E-state index in [1.807, 2.05) is 59.5 Å². The van der Waals surface area contributed by atoms with Crippen LogP contribution in [-0.2, 0) is 4.79 Å². The molecule has 2 unspecified atom stereocenters. The zero-order chi connectivity index (χ0) is 24.9. The Bertz CT molecular complexity index is 1330. The molecule has 1 aromatic carbocycles. The first-order valence-electron chi connectivity index (χ1n) is 11.7. The molecule has 0 aliphatic carbocycles. The van der Waals surface area contributed by atoms with Crippen molar-refractivity contribution >= 4 is 65.0 Å². The smallest absolute Gasteiger partial charge is 0.219 e. The van der Waals surface area contributed by atoms with Crippen LogP contribution in [0.2, 0.25) is 0 Å². The Labute approximate surface area is 242 Å². The van der Waals surface area contributed by atoms with Crippen LogP contribution in [0.4, 0.5) is 10.9 Å². The number of amides is 1. The number of hydrogen-bond donors (Lipinski definition) is 1. The number of halogens is 2. The van der Waals surface area contributed by atoms with E-state index in [0.29, 0.717) is 28.4 Å². The van der Waals surface area contributed by atoms with E-state index < -0.39 is 0 Å². The monoisotopic (exact) mass is 590 g/mol. The van der Waals surface area contributed by atoms with Crippen molar-refractivity contribution in [2.24, 2.45) is 5.92 Å². The highest BCUT2D eigenvalue weighted by atomic mass is 35.5. The van der Waals surface area contributed by atoms with Gasteiger partial charge in [-0.2, -0.15) is 4.37 Å². The van der Waals surface area contributed by atoms with E-state index in [2.05, 4.69) is 26.6 Å². The molecule has 4 aromatic rings. The number of hydrogen-bond acceptors (Lipinski definition) is 9. The summed E-state index contributed by atoms with van der Waals surface area (Å²) in [5.74, 6) is 3.31. The maximum Gasteiger partial charge on any atom is 0.219 e. The number of piperidine rings is 1. The quantitative estimate of drug-likeness (QED) is 0.250. The minimum atomic E-state index is 0. The number of para-hydroxylation sites is 1. The molecule has 1 aliphatic heterocycles. The van der Waals surface area contributed by atoms with Crippen LogP contribution in [0.3, 0.4) is 0 Å². The second-order valence-corrected chi connectivity index (χ2v) is 10.5. The molecule has 0 bridgehead atoms. The van der Waals surface area contributed by atoms with Gasteiger partial charge in [0.1, 0.15) is 16.6 Å². The Morgan fingerprint density at radius 1 is 1.13 bits per heavy atom. The molecule has 200 valence electrons. The van der Waals surface area contributed by atoms with E-state index >= 15 is 0 Å². The lowest BCUT2D eigenvalue weighted by Gasteiger charge is -2.35. The third-order valence-corrected chi connectivity index (χ3v) is 7.56. The highest BCUT2D eigenvalue weighted by Crippen LogP contribution is 2.37. The molecule has 8 nitrogen and oxygen atoms in total. The maximum atomic E-state index is 11.7. The van der Waals surface area contributed by atoms with E-state index in [0.717, 1.165) is 35.3 Å². The summed E-state index contributed by atoms with van der Waals surface area (Å²) < 4.78 is 10.8. The Kier molecular flexibility index (Phi) is 10.7. The molecule has 1 fully saturated rings. The fourth-order valence-corrected chi connectivity index (χ4v) is 5.56. The second kappa shape index (κ2) is 13.7. The Morgan fingerprint density at radius 2 is 1.92 bits per heavy atom. The number of nitrogens with zero attached hydrogens (tertiary/aromatic N) is 5. The van der Waals surface area contributed by atoms with Crippen LogP contribution in [0.25, 0.3) is 0 Å². The van der Waals surface area contributed by atoms with Crippen LogP contribution in [0.15, 0.2) is 76.9 Å². The Hall–Kier alpha value is -2.92. The first kappa shape index (κ1) is 29.6. The van der Waals surface area contributed by atoms with Crippen LogP contribution in [0.1, 0.15) is 32.0 Å². The van der Waals surface area contributed by atoms with Gasteiger partial charge in [0.2, 0.25) is 11.0 Å². The summed E-state index contributed by atoms with van der Waals surface area (Å²) in [6.07, 6.45) is 4.42. The number of pyridine rings is 2. The Morgan fingerprint density at radius 3 is 2.63 bits per heavy atom. The van der Waals surface area contributed by atoms with Crippen molar-refractivity contribution in [3.05, 3.63) is 72.8 Å². The number of likely N-dealkylation sites (tertiary alicyclic amines) is 1. The molecule has 0 saturated carbocycles. The van der Waals surface area contributed by atoms with E-state index in [1.54, 1.807) is 19.3 Å². The largest absolute Gasteiger partial charge is 0.453 e. The molecule has 38 heavy (non-hydrogen) atoms. The molecule has 1 saturated heterocycles. The molecular weight excluding hydrogens is 563 g/mol. The molecule has 1 amide bonds. The summed E-state index contributed by atoms with van der Waals surface area (Å²) in [7, 11) is 0. The predicted molar refractivity (Wildman–Crippen MR) is 156 cm³/mol. The van der Waals surface area contributed by atoms with Crippen molar-refractivity contribution in [2.45, 2.75) is 36.1 Å². The fraction of sp³-hybridized carbons (Fsp3) is 0.269. The standard InChI is InChI=1S/C26H26N6O2S2.2ClH/c1-17-16-32(18(2)33)13-11-21(17)24-29-26(36-31-24)30-25-22(34-19-8-4-3-5-9-19)14-20(15-28-25)35-23-10-6-7-12-27-23;;/h3-10,12,14-15,17,21H,11,13,16H2,1-2H3,(H,28,29,30,31);2*1H. The molecule has 0 radical (unpaired) electrons. The summed E-state index contributed by atoms with van der Waals surface area (Å²) in [5.41, 5.74) is 0. The van der Waals surface area contributed by atoms with E-state index in [4.69, 9.17) is 9.72 Å². The number of benzene rings is 1. The highest BCUT2D eigenvalue weighted by Gasteiger charge is 2.31. The summed E-state index contributed by atoms with van der Waals surface area (Å²) in [6, 6.07) is 17.4.